The van der Waals surface area contributed by atoms with E-state index in [-0.39, 0.29) is 11.8 Å². The summed E-state index contributed by atoms with van der Waals surface area (Å²) in [5.74, 6) is -0.577. The zero-order valence-electron chi connectivity index (χ0n) is 14.6. The third-order valence-electron chi connectivity index (χ3n) is 4.17. The van der Waals surface area contributed by atoms with Crippen LogP contribution in [0.5, 0.6) is 0 Å². The number of hydrogen-bond donors (Lipinski definition) is 3. The maximum Gasteiger partial charge on any atom is 0.255 e. The van der Waals surface area contributed by atoms with Crippen LogP contribution in [0.1, 0.15) is 20.7 Å². The van der Waals surface area contributed by atoms with Gasteiger partial charge in [-0.3, -0.25) is 14.7 Å². The van der Waals surface area contributed by atoms with Gasteiger partial charge in [-0.25, -0.2) is 0 Å². The molecule has 7 heteroatoms. The first-order valence-electron chi connectivity index (χ1n) is 8.50. The van der Waals surface area contributed by atoms with Gasteiger partial charge < -0.3 is 10.6 Å². The van der Waals surface area contributed by atoms with Crippen molar-refractivity contribution in [2.24, 2.45) is 0 Å². The molecule has 0 bridgehead atoms. The number of aromatic amines is 1. The normalized spacial score (nSPS) is 10.6. The van der Waals surface area contributed by atoms with Gasteiger partial charge in [-0.2, -0.15) is 5.10 Å². The van der Waals surface area contributed by atoms with Crippen molar-refractivity contribution in [1.29, 1.82) is 0 Å². The largest absolute Gasteiger partial charge is 0.322 e. The van der Waals surface area contributed by atoms with Crippen molar-refractivity contribution in [1.82, 2.24) is 10.2 Å². The van der Waals surface area contributed by atoms with Crippen LogP contribution in [0.2, 0.25) is 5.02 Å². The molecular formula is C21H15ClN4O2. The third kappa shape index (κ3) is 3.87. The first-order chi connectivity index (χ1) is 13.6. The molecule has 138 valence electrons. The fourth-order valence-electron chi connectivity index (χ4n) is 2.79. The van der Waals surface area contributed by atoms with Crippen molar-refractivity contribution >= 4 is 45.7 Å². The van der Waals surface area contributed by atoms with Crippen molar-refractivity contribution in [3.05, 3.63) is 89.1 Å². The Kier molecular flexibility index (Phi) is 4.78. The second kappa shape index (κ2) is 7.54. The molecule has 4 aromatic rings. The molecule has 4 rings (SSSR count). The van der Waals surface area contributed by atoms with E-state index in [4.69, 9.17) is 11.6 Å². The maximum atomic E-state index is 12.6. The van der Waals surface area contributed by atoms with Crippen molar-refractivity contribution in [2.45, 2.75) is 0 Å². The SMILES string of the molecule is O=C(Nc1cccc(C(=O)Nc2ccc3[nH]ncc3c2)c1)c1cccc(Cl)c1. The van der Waals surface area contributed by atoms with Gasteiger partial charge >= 0.3 is 0 Å². The number of hydrogen-bond acceptors (Lipinski definition) is 3. The number of carbonyl (C=O) groups excluding carboxylic acids is 2. The van der Waals surface area contributed by atoms with Gasteiger partial charge in [0.1, 0.15) is 0 Å². The number of amides is 2. The molecule has 28 heavy (non-hydrogen) atoms. The van der Waals surface area contributed by atoms with Crippen molar-refractivity contribution in [3.63, 3.8) is 0 Å². The topological polar surface area (TPSA) is 86.9 Å². The second-order valence-electron chi connectivity index (χ2n) is 6.17. The molecule has 1 aromatic heterocycles. The van der Waals surface area contributed by atoms with Crippen LogP contribution in [0, 0.1) is 0 Å². The molecule has 0 saturated carbocycles. The van der Waals surface area contributed by atoms with E-state index in [1.165, 1.54) is 0 Å². The zero-order chi connectivity index (χ0) is 19.5. The minimum atomic E-state index is -0.300. The quantitative estimate of drug-likeness (QED) is 0.471. The summed E-state index contributed by atoms with van der Waals surface area (Å²) in [6, 6.07) is 18.9. The molecular weight excluding hydrogens is 376 g/mol. The standard InChI is InChI=1S/C21H15ClN4O2/c22-16-5-1-3-13(9-16)20(27)24-17-6-2-4-14(10-17)21(28)25-18-7-8-19-15(11-18)12-23-26-19/h1-12H,(H,23,26)(H,24,27)(H,25,28). The molecule has 0 spiro atoms. The van der Waals surface area contributed by atoms with Gasteiger partial charge in [-0.15, -0.1) is 0 Å². The van der Waals surface area contributed by atoms with Crippen LogP contribution >= 0.6 is 11.6 Å². The summed E-state index contributed by atoms with van der Waals surface area (Å²) in [4.78, 5) is 24.9. The molecule has 3 N–H and O–H groups in total. The van der Waals surface area contributed by atoms with Crippen molar-refractivity contribution in [3.8, 4) is 0 Å². The van der Waals surface area contributed by atoms with Crippen LogP contribution in [0.4, 0.5) is 11.4 Å². The van der Waals surface area contributed by atoms with E-state index in [1.54, 1.807) is 60.8 Å². The van der Waals surface area contributed by atoms with Gasteiger partial charge in [0.15, 0.2) is 0 Å². The molecule has 0 saturated heterocycles. The number of fused-ring (bicyclic) bond motifs is 1. The molecule has 3 aromatic carbocycles. The molecule has 0 unspecified atom stereocenters. The summed E-state index contributed by atoms with van der Waals surface area (Å²) >= 11 is 5.93. The average molecular weight is 391 g/mol. The average Bonchev–Trinajstić information content (AvgIpc) is 3.16. The number of aromatic nitrogens is 2. The molecule has 0 radical (unpaired) electrons. The summed E-state index contributed by atoms with van der Waals surface area (Å²) in [6.45, 7) is 0. The first-order valence-corrected chi connectivity index (χ1v) is 8.88. The van der Waals surface area contributed by atoms with Gasteiger partial charge in [-0.05, 0) is 54.6 Å². The maximum absolute atomic E-state index is 12.6. The fourth-order valence-corrected chi connectivity index (χ4v) is 2.99. The zero-order valence-corrected chi connectivity index (χ0v) is 15.3. The van der Waals surface area contributed by atoms with Crippen LogP contribution in [-0.4, -0.2) is 22.0 Å². The molecule has 0 aliphatic rings. The lowest BCUT2D eigenvalue weighted by atomic mass is 10.1. The predicted octanol–water partition coefficient (Wildman–Crippen LogP) is 4.72. The van der Waals surface area contributed by atoms with Gasteiger partial charge in [0, 0.05) is 32.9 Å². The Morgan fingerprint density at radius 1 is 0.821 bits per heavy atom. The van der Waals surface area contributed by atoms with E-state index in [0.717, 1.165) is 10.9 Å². The third-order valence-corrected chi connectivity index (χ3v) is 4.40. The summed E-state index contributed by atoms with van der Waals surface area (Å²) in [7, 11) is 0. The van der Waals surface area contributed by atoms with Crippen LogP contribution in [-0.2, 0) is 0 Å². The smallest absolute Gasteiger partial charge is 0.255 e. The van der Waals surface area contributed by atoms with E-state index in [9.17, 15) is 9.59 Å². The second-order valence-corrected chi connectivity index (χ2v) is 6.61. The van der Waals surface area contributed by atoms with Crippen LogP contribution in [0.3, 0.4) is 0 Å². The molecule has 0 atom stereocenters. The Balaban J connectivity index is 1.49. The summed E-state index contributed by atoms with van der Waals surface area (Å²) < 4.78 is 0. The highest BCUT2D eigenvalue weighted by Gasteiger charge is 2.10. The highest BCUT2D eigenvalue weighted by molar-refractivity contribution is 6.31. The Morgan fingerprint density at radius 2 is 1.50 bits per heavy atom. The fraction of sp³-hybridized carbons (Fsp3) is 0. The minimum Gasteiger partial charge on any atom is -0.322 e. The van der Waals surface area contributed by atoms with Crippen molar-refractivity contribution in [2.75, 3.05) is 10.6 Å². The highest BCUT2D eigenvalue weighted by atomic mass is 35.5. The summed E-state index contributed by atoms with van der Waals surface area (Å²) in [6.07, 6.45) is 1.69. The van der Waals surface area contributed by atoms with Gasteiger partial charge in [-0.1, -0.05) is 23.7 Å². The molecule has 0 fully saturated rings. The monoisotopic (exact) mass is 390 g/mol. The lowest BCUT2D eigenvalue weighted by molar-refractivity contribution is 0.101. The van der Waals surface area contributed by atoms with Crippen LogP contribution in [0.25, 0.3) is 10.9 Å². The molecule has 0 aliphatic heterocycles. The Morgan fingerprint density at radius 3 is 2.25 bits per heavy atom. The van der Waals surface area contributed by atoms with Crippen molar-refractivity contribution < 1.29 is 9.59 Å². The Labute approximate surface area is 165 Å². The number of carbonyl (C=O) groups is 2. The Bertz CT molecular complexity index is 1190. The highest BCUT2D eigenvalue weighted by Crippen LogP contribution is 2.19. The molecule has 2 amide bonds. The lowest BCUT2D eigenvalue weighted by Crippen LogP contribution is -2.14. The van der Waals surface area contributed by atoms with Crippen LogP contribution < -0.4 is 10.6 Å². The molecule has 0 aliphatic carbocycles. The minimum absolute atomic E-state index is 0.276. The number of nitrogens with one attached hydrogen (secondary N) is 3. The van der Waals surface area contributed by atoms with E-state index >= 15 is 0 Å². The number of halogens is 1. The van der Waals surface area contributed by atoms with Gasteiger partial charge in [0.05, 0.1) is 11.7 Å². The summed E-state index contributed by atoms with van der Waals surface area (Å²) in [5, 5.41) is 13.8. The number of anilines is 2. The number of benzene rings is 3. The summed E-state index contributed by atoms with van der Waals surface area (Å²) in [5.41, 5.74) is 2.94. The number of nitrogens with zero attached hydrogens (tertiary/aromatic N) is 1. The van der Waals surface area contributed by atoms with Gasteiger partial charge in [0.2, 0.25) is 0 Å². The predicted molar refractivity (Wildman–Crippen MR) is 110 cm³/mol. The number of H-pyrrole nitrogens is 1. The van der Waals surface area contributed by atoms with E-state index in [2.05, 4.69) is 20.8 Å². The van der Waals surface area contributed by atoms with E-state index in [1.807, 2.05) is 12.1 Å². The number of rotatable bonds is 4. The lowest BCUT2D eigenvalue weighted by Gasteiger charge is -2.09. The van der Waals surface area contributed by atoms with Gasteiger partial charge in [0.25, 0.3) is 11.8 Å². The Hall–Kier alpha value is -3.64. The van der Waals surface area contributed by atoms with E-state index in [0.29, 0.717) is 27.5 Å². The first kappa shape index (κ1) is 17.8. The molecule has 1 heterocycles. The molecule has 6 nitrogen and oxygen atoms in total. The van der Waals surface area contributed by atoms with Crippen LogP contribution in [0.15, 0.2) is 72.9 Å². The van der Waals surface area contributed by atoms with E-state index < -0.39 is 0 Å².